The van der Waals surface area contributed by atoms with E-state index in [0.717, 1.165) is 11.0 Å². The molecule has 0 spiro atoms. The number of hydrogen-bond donors (Lipinski definition) is 2. The van der Waals surface area contributed by atoms with Crippen molar-refractivity contribution in [2.45, 2.75) is 19.5 Å². The monoisotopic (exact) mass is 249 g/mol. The predicted octanol–water partition coefficient (Wildman–Crippen LogP) is 1.70. The molecule has 0 aliphatic heterocycles. The summed E-state index contributed by atoms with van der Waals surface area (Å²) in [6.07, 6.45) is 2.51. The summed E-state index contributed by atoms with van der Waals surface area (Å²) in [5.41, 5.74) is 0.815. The normalized spacial score (nSPS) is 12.3. The van der Waals surface area contributed by atoms with Gasteiger partial charge < -0.3 is 19.7 Å². The van der Waals surface area contributed by atoms with E-state index in [0.29, 0.717) is 12.3 Å². The summed E-state index contributed by atoms with van der Waals surface area (Å²) in [4.78, 5) is 14.8. The van der Waals surface area contributed by atoms with E-state index in [-0.39, 0.29) is 6.04 Å². The van der Waals surface area contributed by atoms with Crippen molar-refractivity contribution in [1.82, 2.24) is 14.9 Å². The van der Waals surface area contributed by atoms with Crippen molar-refractivity contribution in [3.8, 4) is 5.75 Å². The van der Waals surface area contributed by atoms with Crippen molar-refractivity contribution in [2.75, 3.05) is 7.11 Å². The summed E-state index contributed by atoms with van der Waals surface area (Å²) in [5, 5.41) is 12.0. The number of aromatic nitrogens is 2. The molecule has 0 radical (unpaired) electrons. The SMILES string of the molecule is COc1cnc2c(ccn2CC(C)NC(=O)O)c1. The lowest BCUT2D eigenvalue weighted by Gasteiger charge is -2.12. The van der Waals surface area contributed by atoms with E-state index in [2.05, 4.69) is 10.3 Å². The van der Waals surface area contributed by atoms with Crippen LogP contribution in [0.5, 0.6) is 5.75 Å². The first-order valence-corrected chi connectivity index (χ1v) is 5.58. The molecule has 1 amide bonds. The first-order chi connectivity index (χ1) is 8.60. The fourth-order valence-corrected chi connectivity index (χ4v) is 1.87. The maximum Gasteiger partial charge on any atom is 0.404 e. The zero-order chi connectivity index (χ0) is 13.1. The highest BCUT2D eigenvalue weighted by molar-refractivity contribution is 5.77. The molecule has 6 nitrogen and oxygen atoms in total. The smallest absolute Gasteiger partial charge is 0.404 e. The average molecular weight is 249 g/mol. The summed E-state index contributed by atoms with van der Waals surface area (Å²) in [5.74, 6) is 0.706. The maximum atomic E-state index is 10.5. The van der Waals surface area contributed by atoms with Gasteiger partial charge in [-0.25, -0.2) is 9.78 Å². The van der Waals surface area contributed by atoms with Gasteiger partial charge in [-0.3, -0.25) is 0 Å². The van der Waals surface area contributed by atoms with Crippen LogP contribution in [-0.4, -0.2) is 33.9 Å². The quantitative estimate of drug-likeness (QED) is 0.864. The third-order valence-corrected chi connectivity index (χ3v) is 2.65. The van der Waals surface area contributed by atoms with Gasteiger partial charge in [0.05, 0.1) is 13.3 Å². The lowest BCUT2D eigenvalue weighted by atomic mass is 10.3. The number of carboxylic acid groups (broad SMARTS) is 1. The second-order valence-corrected chi connectivity index (χ2v) is 4.11. The highest BCUT2D eigenvalue weighted by Crippen LogP contribution is 2.19. The zero-order valence-electron chi connectivity index (χ0n) is 10.3. The molecule has 96 valence electrons. The first kappa shape index (κ1) is 12.2. The molecule has 6 heteroatoms. The van der Waals surface area contributed by atoms with Gasteiger partial charge in [0.2, 0.25) is 0 Å². The molecule has 2 heterocycles. The molecule has 1 atom stereocenters. The van der Waals surface area contributed by atoms with Crippen LogP contribution in [0.2, 0.25) is 0 Å². The molecule has 2 aromatic rings. The molecule has 18 heavy (non-hydrogen) atoms. The minimum atomic E-state index is -1.02. The van der Waals surface area contributed by atoms with E-state index in [1.54, 1.807) is 13.3 Å². The standard InChI is InChI=1S/C12H15N3O3/c1-8(14-12(16)17)7-15-4-3-9-5-10(18-2)6-13-11(9)15/h3-6,8,14H,7H2,1-2H3,(H,16,17). The van der Waals surface area contributed by atoms with Crippen molar-refractivity contribution < 1.29 is 14.6 Å². The van der Waals surface area contributed by atoms with Crippen molar-refractivity contribution in [1.29, 1.82) is 0 Å². The van der Waals surface area contributed by atoms with Crippen LogP contribution in [0.3, 0.4) is 0 Å². The van der Waals surface area contributed by atoms with Gasteiger partial charge in [-0.1, -0.05) is 0 Å². The number of carbonyl (C=O) groups is 1. The summed E-state index contributed by atoms with van der Waals surface area (Å²) in [7, 11) is 1.60. The Bertz CT molecular complexity index is 565. The van der Waals surface area contributed by atoms with Gasteiger partial charge in [-0.2, -0.15) is 0 Å². The van der Waals surface area contributed by atoms with Gasteiger partial charge in [0.25, 0.3) is 0 Å². The van der Waals surface area contributed by atoms with Gasteiger partial charge in [0, 0.05) is 24.2 Å². The molecule has 0 bridgehead atoms. The minimum absolute atomic E-state index is 0.179. The minimum Gasteiger partial charge on any atom is -0.495 e. The Morgan fingerprint density at radius 3 is 3.11 bits per heavy atom. The first-order valence-electron chi connectivity index (χ1n) is 5.58. The van der Waals surface area contributed by atoms with Crippen molar-refractivity contribution in [3.63, 3.8) is 0 Å². The second kappa shape index (κ2) is 4.95. The second-order valence-electron chi connectivity index (χ2n) is 4.11. The fourth-order valence-electron chi connectivity index (χ4n) is 1.87. The molecule has 0 saturated heterocycles. The van der Waals surface area contributed by atoms with Crippen LogP contribution in [0.15, 0.2) is 24.5 Å². The van der Waals surface area contributed by atoms with Gasteiger partial charge >= 0.3 is 6.09 Å². The number of rotatable bonds is 4. The lowest BCUT2D eigenvalue weighted by Crippen LogP contribution is -2.34. The number of hydrogen-bond acceptors (Lipinski definition) is 3. The molecule has 2 aromatic heterocycles. The molecule has 1 unspecified atom stereocenters. The zero-order valence-corrected chi connectivity index (χ0v) is 10.3. The average Bonchev–Trinajstić information content (AvgIpc) is 2.70. The van der Waals surface area contributed by atoms with Crippen molar-refractivity contribution in [3.05, 3.63) is 24.5 Å². The van der Waals surface area contributed by atoms with E-state index in [1.165, 1.54) is 0 Å². The summed E-state index contributed by atoms with van der Waals surface area (Å²) < 4.78 is 7.02. The van der Waals surface area contributed by atoms with Gasteiger partial charge in [-0.15, -0.1) is 0 Å². The van der Waals surface area contributed by atoms with Crippen molar-refractivity contribution >= 4 is 17.1 Å². The lowest BCUT2D eigenvalue weighted by molar-refractivity contribution is 0.189. The van der Waals surface area contributed by atoms with Gasteiger partial charge in [0.15, 0.2) is 0 Å². The number of amides is 1. The Hall–Kier alpha value is -2.24. The van der Waals surface area contributed by atoms with E-state index >= 15 is 0 Å². The molecular formula is C12H15N3O3. The number of nitrogens with one attached hydrogen (secondary N) is 1. The summed E-state index contributed by atoms with van der Waals surface area (Å²) >= 11 is 0. The van der Waals surface area contributed by atoms with Crippen LogP contribution >= 0.6 is 0 Å². The maximum absolute atomic E-state index is 10.5. The van der Waals surface area contributed by atoms with Crippen LogP contribution < -0.4 is 10.1 Å². The number of pyridine rings is 1. The van der Waals surface area contributed by atoms with E-state index in [9.17, 15) is 4.79 Å². The van der Waals surface area contributed by atoms with E-state index < -0.39 is 6.09 Å². The molecule has 0 aliphatic carbocycles. The summed E-state index contributed by atoms with van der Waals surface area (Å²) in [6.45, 7) is 2.35. The van der Waals surface area contributed by atoms with Crippen LogP contribution in [0.4, 0.5) is 4.79 Å². The number of ether oxygens (including phenoxy) is 1. The molecule has 0 aromatic carbocycles. The van der Waals surface area contributed by atoms with Crippen LogP contribution in [0, 0.1) is 0 Å². The van der Waals surface area contributed by atoms with Crippen LogP contribution in [-0.2, 0) is 6.54 Å². The third kappa shape index (κ3) is 2.53. The predicted molar refractivity (Wildman–Crippen MR) is 66.9 cm³/mol. The molecule has 2 rings (SSSR count). The fraction of sp³-hybridized carbons (Fsp3) is 0.333. The highest BCUT2D eigenvalue weighted by Gasteiger charge is 2.09. The Morgan fingerprint density at radius 1 is 1.67 bits per heavy atom. The number of methoxy groups -OCH3 is 1. The number of fused-ring (bicyclic) bond motifs is 1. The summed E-state index contributed by atoms with van der Waals surface area (Å²) in [6, 6.07) is 3.65. The largest absolute Gasteiger partial charge is 0.495 e. The number of nitrogens with zero attached hydrogens (tertiary/aromatic N) is 2. The van der Waals surface area contributed by atoms with Crippen LogP contribution in [0.25, 0.3) is 11.0 Å². The molecule has 0 fully saturated rings. The van der Waals surface area contributed by atoms with Crippen molar-refractivity contribution in [2.24, 2.45) is 0 Å². The molecular weight excluding hydrogens is 234 g/mol. The molecule has 0 aliphatic rings. The van der Waals surface area contributed by atoms with Gasteiger partial charge in [-0.05, 0) is 19.1 Å². The Morgan fingerprint density at radius 2 is 2.44 bits per heavy atom. The van der Waals surface area contributed by atoms with E-state index in [4.69, 9.17) is 9.84 Å². The molecule has 0 saturated carbocycles. The third-order valence-electron chi connectivity index (χ3n) is 2.65. The van der Waals surface area contributed by atoms with E-state index in [1.807, 2.05) is 29.8 Å². The Kier molecular flexibility index (Phi) is 3.36. The Balaban J connectivity index is 2.21. The molecule has 2 N–H and O–H groups in total. The Labute approximate surface area is 104 Å². The topological polar surface area (TPSA) is 76.4 Å². The van der Waals surface area contributed by atoms with Crippen LogP contribution in [0.1, 0.15) is 6.92 Å². The van der Waals surface area contributed by atoms with Gasteiger partial charge in [0.1, 0.15) is 11.4 Å². The highest BCUT2D eigenvalue weighted by atomic mass is 16.5.